The Kier molecular flexibility index (Phi) is 7.85. The molecule has 32 heavy (non-hydrogen) atoms. The van der Waals surface area contributed by atoms with E-state index in [4.69, 9.17) is 4.74 Å². The van der Waals surface area contributed by atoms with Gasteiger partial charge in [0, 0.05) is 44.0 Å². The van der Waals surface area contributed by atoms with Crippen LogP contribution in [0.25, 0.3) is 0 Å². The summed E-state index contributed by atoms with van der Waals surface area (Å²) in [6.07, 6.45) is 10.3. The smallest absolute Gasteiger partial charge is 0.226 e. The Morgan fingerprint density at radius 2 is 1.78 bits per heavy atom. The molecule has 4 rings (SSSR count). The Morgan fingerprint density at radius 1 is 1.09 bits per heavy atom. The molecule has 178 valence electrons. The van der Waals surface area contributed by atoms with Crippen molar-refractivity contribution in [3.8, 4) is 0 Å². The first-order chi connectivity index (χ1) is 15.4. The number of carbonyl (C=O) groups is 1. The van der Waals surface area contributed by atoms with Crippen molar-refractivity contribution in [1.82, 2.24) is 19.7 Å². The lowest BCUT2D eigenvalue weighted by Gasteiger charge is -2.42. The lowest BCUT2D eigenvalue weighted by atomic mass is 9.86. The highest BCUT2D eigenvalue weighted by molar-refractivity contribution is 5.79. The molecule has 0 bridgehead atoms. The Morgan fingerprint density at radius 3 is 2.44 bits per heavy atom. The molecule has 6 nitrogen and oxygen atoms in total. The summed E-state index contributed by atoms with van der Waals surface area (Å²) in [5.74, 6) is 0.979. The summed E-state index contributed by atoms with van der Waals surface area (Å²) in [5.41, 5.74) is 0.962. The highest BCUT2D eigenvalue weighted by Gasteiger charge is 2.36. The van der Waals surface area contributed by atoms with Crippen LogP contribution in [0.3, 0.4) is 0 Å². The van der Waals surface area contributed by atoms with Crippen LogP contribution in [0, 0.1) is 11.8 Å². The monoisotopic (exact) mass is 442 g/mol. The average Bonchev–Trinajstić information content (AvgIpc) is 2.79. The van der Waals surface area contributed by atoms with Crippen molar-refractivity contribution >= 4 is 5.91 Å². The van der Waals surface area contributed by atoms with Crippen molar-refractivity contribution < 1.29 is 9.53 Å². The maximum absolute atomic E-state index is 13.6. The second-order valence-corrected chi connectivity index (χ2v) is 10.9. The Labute approximate surface area is 194 Å². The number of hydrogen-bond donors (Lipinski definition) is 0. The van der Waals surface area contributed by atoms with E-state index < -0.39 is 0 Å². The zero-order valence-electron chi connectivity index (χ0n) is 20.3. The molecule has 1 atom stereocenters. The largest absolute Gasteiger partial charge is 0.376 e. The number of piperidine rings is 2. The van der Waals surface area contributed by atoms with E-state index in [1.165, 1.54) is 57.4 Å². The van der Waals surface area contributed by atoms with Gasteiger partial charge >= 0.3 is 0 Å². The normalized spacial score (nSPS) is 26.2. The number of pyridine rings is 1. The summed E-state index contributed by atoms with van der Waals surface area (Å²) in [5, 5.41) is 0. The van der Waals surface area contributed by atoms with E-state index in [9.17, 15) is 4.79 Å². The molecule has 0 aliphatic carbocycles. The molecule has 4 heterocycles. The summed E-state index contributed by atoms with van der Waals surface area (Å²) in [6.45, 7) is 11.3. The molecule has 6 heteroatoms. The van der Waals surface area contributed by atoms with Gasteiger partial charge in [-0.05, 0) is 109 Å². The van der Waals surface area contributed by atoms with Gasteiger partial charge in [-0.3, -0.25) is 9.78 Å². The lowest BCUT2D eigenvalue weighted by molar-refractivity contribution is -0.147. The van der Waals surface area contributed by atoms with E-state index in [0.717, 1.165) is 25.4 Å². The number of aromatic nitrogens is 1. The van der Waals surface area contributed by atoms with Crippen LogP contribution in [-0.2, 0) is 16.1 Å². The quantitative estimate of drug-likeness (QED) is 0.676. The van der Waals surface area contributed by atoms with E-state index in [1.807, 2.05) is 24.5 Å². The molecule has 3 saturated heterocycles. The molecule has 0 spiro atoms. The van der Waals surface area contributed by atoms with Gasteiger partial charge in [-0.2, -0.15) is 0 Å². The summed E-state index contributed by atoms with van der Waals surface area (Å²) in [6, 6.07) is 4.83. The van der Waals surface area contributed by atoms with Crippen LogP contribution in [0.5, 0.6) is 0 Å². The van der Waals surface area contributed by atoms with Crippen molar-refractivity contribution in [3.05, 3.63) is 30.1 Å². The van der Waals surface area contributed by atoms with Crippen LogP contribution in [0.15, 0.2) is 24.5 Å². The van der Waals surface area contributed by atoms with E-state index in [1.54, 1.807) is 0 Å². The molecule has 3 aliphatic heterocycles. The maximum atomic E-state index is 13.6. The minimum absolute atomic E-state index is 0.0694. The Balaban J connectivity index is 1.36. The first-order valence-electron chi connectivity index (χ1n) is 12.6. The SMILES string of the molecule is CN1CCC(N2CCC(CN(Cc3ccncc3)C(=O)[C@H]3CCOC(C)(C)C3)CC2)CC1. The lowest BCUT2D eigenvalue weighted by Crippen LogP contribution is -2.49. The van der Waals surface area contributed by atoms with E-state index in [0.29, 0.717) is 25.0 Å². The van der Waals surface area contributed by atoms with Crippen LogP contribution in [0.2, 0.25) is 0 Å². The standard InChI is InChI=1S/C26H42N4O2/c1-26(2)18-23(10-17-32-26)25(31)30(19-21-4-11-27-12-5-21)20-22-6-15-29(16-7-22)24-8-13-28(3)14-9-24/h4-5,11-12,22-24H,6-10,13-20H2,1-3H3/t23-/m0/s1. The van der Waals surface area contributed by atoms with Gasteiger partial charge in [0.2, 0.25) is 5.91 Å². The van der Waals surface area contributed by atoms with Crippen molar-refractivity contribution in [2.24, 2.45) is 11.8 Å². The van der Waals surface area contributed by atoms with Gasteiger partial charge in [0.25, 0.3) is 0 Å². The van der Waals surface area contributed by atoms with Gasteiger partial charge in [0.15, 0.2) is 0 Å². The van der Waals surface area contributed by atoms with Crippen LogP contribution < -0.4 is 0 Å². The first-order valence-corrected chi connectivity index (χ1v) is 12.6. The molecule has 0 N–H and O–H groups in total. The molecular weight excluding hydrogens is 400 g/mol. The molecule has 0 aromatic carbocycles. The topological polar surface area (TPSA) is 48.9 Å². The maximum Gasteiger partial charge on any atom is 0.226 e. The van der Waals surface area contributed by atoms with Crippen LogP contribution in [0.4, 0.5) is 0 Å². The highest BCUT2D eigenvalue weighted by Crippen LogP contribution is 2.31. The van der Waals surface area contributed by atoms with Crippen LogP contribution in [-0.4, -0.2) is 83.6 Å². The summed E-state index contributed by atoms with van der Waals surface area (Å²) in [7, 11) is 2.23. The Bertz CT molecular complexity index is 725. The average molecular weight is 443 g/mol. The summed E-state index contributed by atoms with van der Waals surface area (Å²) in [4.78, 5) is 25.1. The first kappa shape index (κ1) is 23.7. The zero-order valence-corrected chi connectivity index (χ0v) is 20.3. The third-order valence-corrected chi connectivity index (χ3v) is 7.81. The third kappa shape index (κ3) is 6.30. The van der Waals surface area contributed by atoms with Crippen LogP contribution >= 0.6 is 0 Å². The zero-order chi connectivity index (χ0) is 22.6. The molecule has 0 saturated carbocycles. The van der Waals surface area contributed by atoms with Gasteiger partial charge in [-0.1, -0.05) is 0 Å². The van der Waals surface area contributed by atoms with Crippen molar-refractivity contribution in [3.63, 3.8) is 0 Å². The fourth-order valence-corrected chi connectivity index (χ4v) is 5.81. The number of amides is 1. The summed E-state index contributed by atoms with van der Waals surface area (Å²) < 4.78 is 5.88. The molecule has 3 aliphatic rings. The molecule has 3 fully saturated rings. The van der Waals surface area contributed by atoms with E-state index in [2.05, 4.69) is 40.6 Å². The van der Waals surface area contributed by atoms with Crippen molar-refractivity contribution in [2.75, 3.05) is 46.4 Å². The minimum atomic E-state index is -0.208. The molecule has 0 unspecified atom stereocenters. The minimum Gasteiger partial charge on any atom is -0.376 e. The fraction of sp³-hybridized carbons (Fsp3) is 0.769. The number of rotatable bonds is 6. The number of likely N-dealkylation sites (tertiary alicyclic amines) is 2. The second-order valence-electron chi connectivity index (χ2n) is 10.9. The van der Waals surface area contributed by atoms with Crippen molar-refractivity contribution in [1.29, 1.82) is 0 Å². The van der Waals surface area contributed by atoms with Gasteiger partial charge in [0.1, 0.15) is 0 Å². The summed E-state index contributed by atoms with van der Waals surface area (Å²) >= 11 is 0. The number of hydrogen-bond acceptors (Lipinski definition) is 5. The predicted octanol–water partition coefficient (Wildman–Crippen LogP) is 3.42. The predicted molar refractivity (Wildman–Crippen MR) is 127 cm³/mol. The molecular formula is C26H42N4O2. The number of nitrogens with zero attached hydrogens (tertiary/aromatic N) is 4. The van der Waals surface area contributed by atoms with Gasteiger partial charge in [0.05, 0.1) is 5.60 Å². The van der Waals surface area contributed by atoms with E-state index >= 15 is 0 Å². The van der Waals surface area contributed by atoms with Gasteiger partial charge in [-0.15, -0.1) is 0 Å². The molecule has 0 radical (unpaired) electrons. The van der Waals surface area contributed by atoms with E-state index in [-0.39, 0.29) is 11.5 Å². The molecule has 1 aromatic heterocycles. The molecule has 1 aromatic rings. The Hall–Kier alpha value is -1.50. The van der Waals surface area contributed by atoms with Crippen LogP contribution in [0.1, 0.15) is 57.9 Å². The second kappa shape index (κ2) is 10.6. The third-order valence-electron chi connectivity index (χ3n) is 7.81. The van der Waals surface area contributed by atoms with Crippen molar-refractivity contribution in [2.45, 2.75) is 70.6 Å². The van der Waals surface area contributed by atoms with Gasteiger partial charge in [-0.25, -0.2) is 0 Å². The van der Waals surface area contributed by atoms with Gasteiger partial charge < -0.3 is 19.4 Å². The highest BCUT2D eigenvalue weighted by atomic mass is 16.5. The number of carbonyl (C=O) groups excluding carboxylic acids is 1. The fourth-order valence-electron chi connectivity index (χ4n) is 5.81. The molecule has 1 amide bonds. The number of ether oxygens (including phenoxy) is 1.